The number of hydrogen-bond donors (Lipinski definition) is 1. The van der Waals surface area contributed by atoms with E-state index in [0.29, 0.717) is 12.3 Å². The highest BCUT2D eigenvalue weighted by atomic mass is 35.5. The molecule has 1 N–H and O–H groups in total. The second-order valence-electron chi connectivity index (χ2n) is 4.86. The first kappa shape index (κ1) is 18.6. The van der Waals surface area contributed by atoms with E-state index in [1.165, 1.54) is 18.2 Å². The fraction of sp³-hybridized carbons (Fsp3) is 0.188. The Balaban J connectivity index is 2.12. The fourth-order valence-corrected chi connectivity index (χ4v) is 3.37. The Hall–Kier alpha value is -1.76. The van der Waals surface area contributed by atoms with Crippen molar-refractivity contribution in [2.45, 2.75) is 18.2 Å². The Bertz CT molecular complexity index is 836. The summed E-state index contributed by atoms with van der Waals surface area (Å²) in [7, 11) is -3.78. The number of carbonyl (C=O) groups excluding carboxylic acids is 1. The smallest absolute Gasteiger partial charge is 0.310 e. The van der Waals surface area contributed by atoms with Crippen LogP contribution in [0.2, 0.25) is 10.0 Å². The van der Waals surface area contributed by atoms with Crippen LogP contribution in [-0.4, -0.2) is 21.0 Å². The van der Waals surface area contributed by atoms with Gasteiger partial charge in [-0.15, -0.1) is 0 Å². The molecule has 0 saturated carbocycles. The van der Waals surface area contributed by atoms with E-state index in [9.17, 15) is 13.2 Å². The molecule has 0 unspecified atom stereocenters. The summed E-state index contributed by atoms with van der Waals surface area (Å²) in [6.45, 7) is 2.05. The van der Waals surface area contributed by atoms with Gasteiger partial charge in [-0.05, 0) is 42.8 Å². The maximum atomic E-state index is 12.3. The van der Waals surface area contributed by atoms with Crippen molar-refractivity contribution in [3.63, 3.8) is 0 Å². The van der Waals surface area contributed by atoms with Gasteiger partial charge in [-0.2, -0.15) is 0 Å². The molecule has 0 bridgehead atoms. The highest BCUT2D eigenvalue weighted by molar-refractivity contribution is 7.92. The summed E-state index contributed by atoms with van der Waals surface area (Å²) in [6.07, 6.45) is 0.133. The van der Waals surface area contributed by atoms with Crippen molar-refractivity contribution in [3.05, 3.63) is 58.1 Å². The van der Waals surface area contributed by atoms with Gasteiger partial charge >= 0.3 is 5.97 Å². The van der Waals surface area contributed by atoms with Crippen molar-refractivity contribution in [3.8, 4) is 0 Å². The molecule has 8 heteroatoms. The molecule has 2 rings (SSSR count). The number of hydrogen-bond acceptors (Lipinski definition) is 4. The Morgan fingerprint density at radius 2 is 1.75 bits per heavy atom. The van der Waals surface area contributed by atoms with Crippen molar-refractivity contribution >= 4 is 44.9 Å². The van der Waals surface area contributed by atoms with Crippen molar-refractivity contribution in [1.82, 2.24) is 0 Å². The van der Waals surface area contributed by atoms with Crippen LogP contribution in [0.3, 0.4) is 0 Å². The molecule has 0 aliphatic heterocycles. The number of carbonyl (C=O) groups is 1. The van der Waals surface area contributed by atoms with Gasteiger partial charge in [0, 0.05) is 5.69 Å². The molecule has 0 aliphatic carbocycles. The number of sulfonamides is 1. The van der Waals surface area contributed by atoms with Crippen molar-refractivity contribution < 1.29 is 17.9 Å². The van der Waals surface area contributed by atoms with E-state index in [2.05, 4.69) is 4.72 Å². The maximum Gasteiger partial charge on any atom is 0.310 e. The lowest BCUT2D eigenvalue weighted by Crippen LogP contribution is -2.13. The number of anilines is 1. The van der Waals surface area contributed by atoms with Crippen LogP contribution in [0.5, 0.6) is 0 Å². The van der Waals surface area contributed by atoms with Gasteiger partial charge < -0.3 is 4.74 Å². The molecule has 0 saturated heterocycles. The monoisotopic (exact) mass is 387 g/mol. The Labute approximate surface area is 150 Å². The first-order valence-electron chi connectivity index (χ1n) is 7.04. The van der Waals surface area contributed by atoms with Gasteiger partial charge in [-0.1, -0.05) is 35.3 Å². The minimum Gasteiger partial charge on any atom is -0.466 e. The topological polar surface area (TPSA) is 72.5 Å². The molecule has 0 radical (unpaired) electrons. The molecular weight excluding hydrogens is 373 g/mol. The van der Waals surface area contributed by atoms with Gasteiger partial charge in [0.15, 0.2) is 0 Å². The molecule has 0 fully saturated rings. The summed E-state index contributed by atoms with van der Waals surface area (Å²) < 4.78 is 32.0. The lowest BCUT2D eigenvalue weighted by atomic mass is 10.1. The minimum atomic E-state index is -3.78. The van der Waals surface area contributed by atoms with Crippen LogP contribution in [0.15, 0.2) is 47.4 Å². The van der Waals surface area contributed by atoms with Crippen LogP contribution in [0.1, 0.15) is 12.5 Å². The molecule has 2 aromatic rings. The van der Waals surface area contributed by atoms with Gasteiger partial charge in [0.05, 0.1) is 28.0 Å². The summed E-state index contributed by atoms with van der Waals surface area (Å²) in [6, 6.07) is 10.5. The van der Waals surface area contributed by atoms with E-state index >= 15 is 0 Å². The molecular formula is C16H15Cl2NO4S. The van der Waals surface area contributed by atoms with E-state index in [-0.39, 0.29) is 27.3 Å². The summed E-state index contributed by atoms with van der Waals surface area (Å²) in [5.41, 5.74) is 1.10. The number of halogens is 2. The quantitative estimate of drug-likeness (QED) is 0.762. The number of benzene rings is 2. The van der Waals surface area contributed by atoms with Crippen LogP contribution in [0.4, 0.5) is 5.69 Å². The van der Waals surface area contributed by atoms with Crippen molar-refractivity contribution in [2.24, 2.45) is 0 Å². The molecule has 0 spiro atoms. The van der Waals surface area contributed by atoms with Crippen LogP contribution in [0, 0.1) is 0 Å². The van der Waals surface area contributed by atoms with Crippen molar-refractivity contribution in [1.29, 1.82) is 0 Å². The Kier molecular flexibility index (Phi) is 6.10. The first-order valence-corrected chi connectivity index (χ1v) is 9.28. The highest BCUT2D eigenvalue weighted by Crippen LogP contribution is 2.26. The highest BCUT2D eigenvalue weighted by Gasteiger charge is 2.15. The van der Waals surface area contributed by atoms with Gasteiger partial charge in [-0.25, -0.2) is 8.42 Å². The third-order valence-electron chi connectivity index (χ3n) is 3.06. The maximum absolute atomic E-state index is 12.3. The zero-order valence-electron chi connectivity index (χ0n) is 12.8. The molecule has 0 aliphatic rings. The number of ether oxygens (including phenoxy) is 1. The molecule has 2 aromatic carbocycles. The lowest BCUT2D eigenvalue weighted by Gasteiger charge is -2.09. The van der Waals surface area contributed by atoms with Crippen LogP contribution in [-0.2, 0) is 26.0 Å². The second-order valence-corrected chi connectivity index (χ2v) is 7.36. The van der Waals surface area contributed by atoms with E-state index in [1.807, 2.05) is 0 Å². The lowest BCUT2D eigenvalue weighted by molar-refractivity contribution is -0.142. The van der Waals surface area contributed by atoms with E-state index < -0.39 is 10.0 Å². The zero-order chi connectivity index (χ0) is 17.7. The third-order valence-corrected chi connectivity index (χ3v) is 5.18. The summed E-state index contributed by atoms with van der Waals surface area (Å²) >= 11 is 11.6. The third kappa shape index (κ3) is 4.87. The molecule has 128 valence electrons. The van der Waals surface area contributed by atoms with Gasteiger partial charge in [0.25, 0.3) is 10.0 Å². The van der Waals surface area contributed by atoms with Crippen LogP contribution >= 0.6 is 23.2 Å². The molecule has 24 heavy (non-hydrogen) atoms. The van der Waals surface area contributed by atoms with E-state index in [1.54, 1.807) is 31.2 Å². The Morgan fingerprint density at radius 3 is 2.33 bits per heavy atom. The average molecular weight is 388 g/mol. The van der Waals surface area contributed by atoms with E-state index in [0.717, 1.165) is 5.56 Å². The summed E-state index contributed by atoms with van der Waals surface area (Å²) in [5.74, 6) is -0.332. The molecule has 0 atom stereocenters. The second kappa shape index (κ2) is 7.88. The standard InChI is InChI=1S/C16H15Cl2NO4S/c1-2-23-16(20)9-11-3-5-12(6-4-11)19-24(21,22)13-7-8-14(17)15(18)10-13/h3-8,10,19H,2,9H2,1H3. The minimum absolute atomic E-state index is 0.00694. The number of rotatable bonds is 6. The largest absolute Gasteiger partial charge is 0.466 e. The van der Waals surface area contributed by atoms with Crippen LogP contribution in [0.25, 0.3) is 0 Å². The molecule has 0 aromatic heterocycles. The predicted octanol–water partition coefficient (Wildman–Crippen LogP) is 3.90. The molecule has 5 nitrogen and oxygen atoms in total. The molecule has 0 amide bonds. The number of nitrogens with one attached hydrogen (secondary N) is 1. The summed E-state index contributed by atoms with van der Waals surface area (Å²) in [4.78, 5) is 11.4. The summed E-state index contributed by atoms with van der Waals surface area (Å²) in [5, 5.41) is 0.434. The van der Waals surface area contributed by atoms with Gasteiger partial charge in [0.2, 0.25) is 0 Å². The predicted molar refractivity (Wildman–Crippen MR) is 94.0 cm³/mol. The normalized spacial score (nSPS) is 11.1. The van der Waals surface area contributed by atoms with E-state index in [4.69, 9.17) is 27.9 Å². The van der Waals surface area contributed by atoms with Gasteiger partial charge in [-0.3, -0.25) is 9.52 Å². The molecule has 0 heterocycles. The Morgan fingerprint density at radius 1 is 1.08 bits per heavy atom. The SMILES string of the molecule is CCOC(=O)Cc1ccc(NS(=O)(=O)c2ccc(Cl)c(Cl)c2)cc1. The van der Waals surface area contributed by atoms with Crippen molar-refractivity contribution in [2.75, 3.05) is 11.3 Å². The average Bonchev–Trinajstić information content (AvgIpc) is 2.52. The first-order chi connectivity index (χ1) is 11.3. The number of esters is 1. The zero-order valence-corrected chi connectivity index (χ0v) is 15.1. The van der Waals surface area contributed by atoms with Gasteiger partial charge in [0.1, 0.15) is 0 Å². The fourth-order valence-electron chi connectivity index (χ4n) is 1.93. The van der Waals surface area contributed by atoms with Crippen LogP contribution < -0.4 is 4.72 Å².